The molecule has 0 aromatic heterocycles. The van der Waals surface area contributed by atoms with Gasteiger partial charge in [-0.15, -0.1) is 0 Å². The van der Waals surface area contributed by atoms with Gasteiger partial charge in [0.2, 0.25) is 0 Å². The van der Waals surface area contributed by atoms with Crippen LogP contribution in [0.2, 0.25) is 0 Å². The lowest BCUT2D eigenvalue weighted by molar-refractivity contribution is 0.400. The second-order valence-corrected chi connectivity index (χ2v) is 16.3. The molecule has 0 spiro atoms. The van der Waals surface area contributed by atoms with Crippen LogP contribution in [0.5, 0.6) is 11.5 Å². The molecule has 0 bridgehead atoms. The summed E-state index contributed by atoms with van der Waals surface area (Å²) < 4.78 is 0. The van der Waals surface area contributed by atoms with Gasteiger partial charge >= 0.3 is 0 Å². The normalized spacial score (nSPS) is 16.9. The van der Waals surface area contributed by atoms with E-state index in [1.165, 1.54) is 112 Å². The molecule has 0 aliphatic heterocycles. The van der Waals surface area contributed by atoms with Gasteiger partial charge in [-0.3, -0.25) is 0 Å². The number of rotatable bonds is 16. The summed E-state index contributed by atoms with van der Waals surface area (Å²) in [7, 11) is 0. The van der Waals surface area contributed by atoms with Gasteiger partial charge in [0.1, 0.15) is 11.5 Å². The number of phenols is 2. The zero-order valence-electron chi connectivity index (χ0n) is 28.5. The van der Waals surface area contributed by atoms with Crippen LogP contribution in [-0.2, 0) is 22.3 Å². The molecule has 0 heterocycles. The number of benzene rings is 2. The van der Waals surface area contributed by atoms with Gasteiger partial charge in [0.05, 0.1) is 0 Å². The molecule has 2 saturated carbocycles. The maximum absolute atomic E-state index is 11.6. The maximum atomic E-state index is 11.6. The lowest BCUT2D eigenvalue weighted by atomic mass is 9.77. The van der Waals surface area contributed by atoms with Crippen LogP contribution in [0.3, 0.4) is 0 Å². The minimum absolute atomic E-state index is 0.0291. The van der Waals surface area contributed by atoms with Crippen molar-refractivity contribution in [2.24, 2.45) is 0 Å². The van der Waals surface area contributed by atoms with Crippen molar-refractivity contribution >= 4 is 11.8 Å². The summed E-state index contributed by atoms with van der Waals surface area (Å²) >= 11 is 1.99. The van der Waals surface area contributed by atoms with Crippen molar-refractivity contribution in [3.05, 3.63) is 57.6 Å². The second kappa shape index (κ2) is 15.6. The summed E-state index contributed by atoms with van der Waals surface area (Å²) in [4.78, 5) is 0. The van der Waals surface area contributed by atoms with E-state index in [1.807, 2.05) is 11.8 Å². The maximum Gasteiger partial charge on any atom is 0.122 e. The van der Waals surface area contributed by atoms with Crippen LogP contribution in [-0.4, -0.2) is 10.2 Å². The topological polar surface area (TPSA) is 40.5 Å². The van der Waals surface area contributed by atoms with Crippen LogP contribution in [0.4, 0.5) is 0 Å². The first kappa shape index (κ1) is 34.3. The van der Waals surface area contributed by atoms with Crippen LogP contribution in [0, 0.1) is 0 Å². The number of aromatic hydroxyl groups is 2. The van der Waals surface area contributed by atoms with Gasteiger partial charge in [-0.2, -0.15) is 11.8 Å². The van der Waals surface area contributed by atoms with E-state index in [2.05, 4.69) is 65.8 Å². The Labute approximate surface area is 268 Å². The SMILES string of the molecule is CCCCCC(C)(C)c1cc(CSCc2cc(C3CCCC3)c(O)c(C(C)(C)CCCCC)c2)cc(C2CCCC2)c1O. The third kappa shape index (κ3) is 8.77. The Bertz CT molecular complexity index is 1080. The van der Waals surface area contributed by atoms with E-state index in [0.717, 1.165) is 35.5 Å². The van der Waals surface area contributed by atoms with Crippen molar-refractivity contribution in [2.45, 2.75) is 178 Å². The lowest BCUT2D eigenvalue weighted by Gasteiger charge is -2.29. The molecule has 0 atom stereocenters. The highest BCUT2D eigenvalue weighted by Crippen LogP contribution is 2.47. The molecule has 0 amide bonds. The standard InChI is InChI=1S/C40H62O2S/c1-7-9-15-21-39(3,4)35-25-29(23-33(37(35)41)31-17-11-12-18-31)27-43-28-30-24-34(32-19-13-14-20-32)38(42)36(26-30)40(5,6)22-16-10-8-2/h23-26,31-32,41-42H,7-22,27-28H2,1-6H3. The van der Waals surface area contributed by atoms with Crippen LogP contribution in [0.1, 0.15) is 189 Å². The molecule has 0 unspecified atom stereocenters. The predicted molar refractivity (Wildman–Crippen MR) is 188 cm³/mol. The van der Waals surface area contributed by atoms with Crippen LogP contribution in [0.15, 0.2) is 24.3 Å². The monoisotopic (exact) mass is 606 g/mol. The highest BCUT2D eigenvalue weighted by atomic mass is 32.2. The molecule has 2 fully saturated rings. The lowest BCUT2D eigenvalue weighted by Crippen LogP contribution is -2.19. The highest BCUT2D eigenvalue weighted by molar-refractivity contribution is 7.97. The van der Waals surface area contributed by atoms with Crippen LogP contribution >= 0.6 is 11.8 Å². The van der Waals surface area contributed by atoms with Gasteiger partial charge in [0.25, 0.3) is 0 Å². The van der Waals surface area contributed by atoms with Crippen molar-refractivity contribution in [1.29, 1.82) is 0 Å². The highest BCUT2D eigenvalue weighted by Gasteiger charge is 2.31. The fourth-order valence-corrected chi connectivity index (χ4v) is 8.83. The van der Waals surface area contributed by atoms with Gasteiger partial charge in [0.15, 0.2) is 0 Å². The average Bonchev–Trinajstić information content (AvgIpc) is 3.70. The average molecular weight is 607 g/mol. The van der Waals surface area contributed by atoms with Crippen LogP contribution in [0.25, 0.3) is 0 Å². The Kier molecular flexibility index (Phi) is 12.4. The van der Waals surface area contributed by atoms with E-state index in [0.29, 0.717) is 23.3 Å². The number of hydrogen-bond donors (Lipinski definition) is 2. The third-order valence-corrected chi connectivity index (χ3v) is 11.9. The van der Waals surface area contributed by atoms with Gasteiger partial charge in [-0.25, -0.2) is 0 Å². The minimum Gasteiger partial charge on any atom is -0.507 e. The molecular weight excluding hydrogens is 545 g/mol. The van der Waals surface area contributed by atoms with Gasteiger partial charge in [-0.05, 0) is 83.4 Å². The fraction of sp³-hybridized carbons (Fsp3) is 0.700. The molecule has 4 rings (SSSR count). The van der Waals surface area contributed by atoms with Gasteiger partial charge in [0, 0.05) is 22.6 Å². The van der Waals surface area contributed by atoms with Crippen LogP contribution < -0.4 is 0 Å². The molecule has 43 heavy (non-hydrogen) atoms. The van der Waals surface area contributed by atoms with Crippen molar-refractivity contribution in [3.63, 3.8) is 0 Å². The van der Waals surface area contributed by atoms with E-state index >= 15 is 0 Å². The molecule has 2 aliphatic rings. The predicted octanol–water partition coefficient (Wildman–Crippen LogP) is 12.6. The first-order valence-electron chi connectivity index (χ1n) is 17.9. The molecule has 2 nitrogen and oxygen atoms in total. The van der Waals surface area contributed by atoms with Gasteiger partial charge in [-0.1, -0.05) is 130 Å². The first-order chi connectivity index (χ1) is 20.6. The zero-order valence-corrected chi connectivity index (χ0v) is 29.3. The van der Waals surface area contributed by atoms with E-state index in [9.17, 15) is 10.2 Å². The summed E-state index contributed by atoms with van der Waals surface area (Å²) in [5.74, 6) is 4.06. The molecule has 3 heteroatoms. The molecule has 2 aliphatic carbocycles. The summed E-state index contributed by atoms with van der Waals surface area (Å²) in [5, 5.41) is 23.2. The Morgan fingerprint density at radius 2 is 0.977 bits per heavy atom. The van der Waals surface area contributed by atoms with E-state index in [1.54, 1.807) is 0 Å². The quantitative estimate of drug-likeness (QED) is 0.187. The van der Waals surface area contributed by atoms with Crippen molar-refractivity contribution in [1.82, 2.24) is 0 Å². The number of phenolic OH excluding ortho intramolecular Hbond substituents is 2. The van der Waals surface area contributed by atoms with E-state index in [4.69, 9.17) is 0 Å². The number of thioether (sulfide) groups is 1. The number of hydrogen-bond acceptors (Lipinski definition) is 3. The van der Waals surface area contributed by atoms with Gasteiger partial charge < -0.3 is 10.2 Å². The molecular formula is C40H62O2S. The molecule has 0 saturated heterocycles. The molecule has 2 aromatic carbocycles. The second-order valence-electron chi connectivity index (χ2n) is 15.3. The summed E-state index contributed by atoms with van der Waals surface area (Å²) in [6.45, 7) is 13.9. The first-order valence-corrected chi connectivity index (χ1v) is 19.0. The Hall–Kier alpha value is -1.61. The molecule has 2 aromatic rings. The molecule has 0 radical (unpaired) electrons. The zero-order chi connectivity index (χ0) is 31.0. The Morgan fingerprint density at radius 1 is 0.605 bits per heavy atom. The third-order valence-electron chi connectivity index (χ3n) is 10.8. The van der Waals surface area contributed by atoms with Crippen molar-refractivity contribution in [2.75, 3.05) is 0 Å². The summed E-state index contributed by atoms with van der Waals surface area (Å²) in [6, 6.07) is 9.34. The van der Waals surface area contributed by atoms with Crippen molar-refractivity contribution in [3.8, 4) is 11.5 Å². The summed E-state index contributed by atoms with van der Waals surface area (Å²) in [6.07, 6.45) is 19.5. The molecule has 2 N–H and O–H groups in total. The Balaban J connectivity index is 1.58. The largest absolute Gasteiger partial charge is 0.507 e. The smallest absolute Gasteiger partial charge is 0.122 e. The van der Waals surface area contributed by atoms with E-state index in [-0.39, 0.29) is 10.8 Å². The minimum atomic E-state index is -0.0291. The van der Waals surface area contributed by atoms with E-state index < -0.39 is 0 Å². The Morgan fingerprint density at radius 3 is 1.33 bits per heavy atom. The van der Waals surface area contributed by atoms with Crippen molar-refractivity contribution < 1.29 is 10.2 Å². The summed E-state index contributed by atoms with van der Waals surface area (Å²) in [5.41, 5.74) is 7.39. The number of unbranched alkanes of at least 4 members (excludes halogenated alkanes) is 4. The molecule has 240 valence electrons. The fourth-order valence-electron chi connectivity index (χ4n) is 7.92.